The molecule has 12 N–H and O–H groups in total. The van der Waals surface area contributed by atoms with Crippen LogP contribution in [0.3, 0.4) is 0 Å². The van der Waals surface area contributed by atoms with Crippen LogP contribution < -0.4 is 42.5 Å². The summed E-state index contributed by atoms with van der Waals surface area (Å²) in [5, 5.41) is 61.9. The molecule has 4 aromatic carbocycles. The number of anilines is 12. The van der Waals surface area contributed by atoms with Gasteiger partial charge in [-0.1, -0.05) is 66.2 Å². The van der Waals surface area contributed by atoms with Crippen molar-refractivity contribution in [3.05, 3.63) is 145 Å². The van der Waals surface area contributed by atoms with Crippen LogP contribution in [0.2, 0.25) is 5.02 Å². The third-order valence-electron chi connectivity index (χ3n) is 14.2. The highest BCUT2D eigenvalue weighted by molar-refractivity contribution is 6.33. The molecule has 0 aliphatic heterocycles. The number of benzene rings is 4. The molecule has 0 aliphatic carbocycles. The van der Waals surface area contributed by atoms with Crippen LogP contribution >= 0.6 is 11.6 Å². The number of aryl methyl sites for hydroxylation is 2. The predicted molar refractivity (Wildman–Crippen MR) is 379 cm³/mol. The van der Waals surface area contributed by atoms with Gasteiger partial charge in [0.2, 0.25) is 23.8 Å². The van der Waals surface area contributed by atoms with Crippen LogP contribution in [0.1, 0.15) is 90.7 Å². The van der Waals surface area contributed by atoms with Crippen molar-refractivity contribution >= 4 is 126 Å². The Morgan fingerprint density at radius 2 is 0.653 bits per heavy atom. The summed E-state index contributed by atoms with van der Waals surface area (Å²) < 4.78 is 7.97. The number of rotatable bonds is 24. The molecule has 0 amide bonds. The third-order valence-corrected chi connectivity index (χ3v) is 14.5. The lowest BCUT2D eigenvalue weighted by atomic mass is 10.2. The molecule has 12 rings (SSSR count). The molecule has 0 spiro atoms. The number of aromatic nitrogens is 16. The van der Waals surface area contributed by atoms with E-state index in [-0.39, 0.29) is 50.6 Å². The highest BCUT2D eigenvalue weighted by atomic mass is 35.5. The summed E-state index contributed by atoms with van der Waals surface area (Å²) in [5.41, 5.74) is 11.7. The molecule has 29 heteroatoms. The van der Waals surface area contributed by atoms with E-state index in [1.165, 1.54) is 0 Å². The minimum Gasteiger partial charge on any atom is -0.395 e. The Labute approximate surface area is 555 Å². The molecule has 28 nitrogen and oxygen atoms in total. The summed E-state index contributed by atoms with van der Waals surface area (Å²) in [6.45, 7) is 22.3. The minimum atomic E-state index is -0.00187. The molecule has 0 atom stereocenters. The van der Waals surface area contributed by atoms with Crippen LogP contribution in [-0.2, 0) is 0 Å². The van der Waals surface area contributed by atoms with E-state index in [4.69, 9.17) is 32.0 Å². The molecule has 8 aromatic heterocycles. The van der Waals surface area contributed by atoms with E-state index in [1.807, 2.05) is 129 Å². The number of hydrogen-bond acceptors (Lipinski definition) is 24. The summed E-state index contributed by atoms with van der Waals surface area (Å²) in [5.74, 6) is 4.31. The van der Waals surface area contributed by atoms with Crippen LogP contribution in [-0.4, -0.2) is 151 Å². The largest absolute Gasteiger partial charge is 0.395 e. The number of hydrogen-bond donors (Lipinski definition) is 12. The molecule has 0 fully saturated rings. The fourth-order valence-corrected chi connectivity index (χ4v) is 9.76. The standard InChI is InChI=1S/2C17H22N6O.C16H19ClN6O.C16H20N6O/c2*1-11(2)23-10-19-14-15(20-13-6-4-5-12(3)9-13)21-17(18-7-8-24)22-16(14)23;1-10(2)23-9-19-13-14(20-12-6-4-3-5-11(12)17)21-16(18-7-8-24)22-15(13)23;1-11(2)22-10-18-13-14(19-12-6-4-3-5-7-12)20-16(17-8-9-23)21-15(13)22/h2*4-6,9-11,24H,7-8H2,1-3H3,(H2,18,20,21,22);3-6,9-10,24H,7-8H2,1-2H3,(H2,18,20,21,22);3-7,10-11,23H,8-9H2,1-2H3,(H2,17,19,20,21). The summed E-state index contributed by atoms with van der Waals surface area (Å²) in [4.78, 5) is 54.0. The van der Waals surface area contributed by atoms with Crippen molar-refractivity contribution < 1.29 is 20.4 Å². The van der Waals surface area contributed by atoms with Crippen molar-refractivity contribution in [1.29, 1.82) is 0 Å². The molecular formula is C66H83ClN24O4. The second kappa shape index (κ2) is 32.9. The van der Waals surface area contributed by atoms with Crippen LogP contribution in [0, 0.1) is 13.8 Å². The first-order valence-electron chi connectivity index (χ1n) is 31.3. The first-order valence-corrected chi connectivity index (χ1v) is 31.7. The number of imidazole rings is 4. The molecular weight excluding hydrogens is 1230 g/mol. The van der Waals surface area contributed by atoms with Gasteiger partial charge in [0.1, 0.15) is 0 Å². The maximum absolute atomic E-state index is 9.03. The van der Waals surface area contributed by atoms with E-state index >= 15 is 0 Å². The number of aliphatic hydroxyl groups is 4. The van der Waals surface area contributed by atoms with Gasteiger partial charge >= 0.3 is 0 Å². The maximum atomic E-state index is 9.03. The summed E-state index contributed by atoms with van der Waals surface area (Å²) >= 11 is 6.22. The Bertz CT molecular complexity index is 4300. The highest BCUT2D eigenvalue weighted by Crippen LogP contribution is 2.32. The summed E-state index contributed by atoms with van der Waals surface area (Å²) in [6.07, 6.45) is 7.08. The van der Waals surface area contributed by atoms with E-state index in [0.717, 1.165) is 73.0 Å². The first-order chi connectivity index (χ1) is 45.9. The van der Waals surface area contributed by atoms with Gasteiger partial charge in [-0.3, -0.25) is 0 Å². The monoisotopic (exact) mass is 1310 g/mol. The molecule has 8 heterocycles. The van der Waals surface area contributed by atoms with Crippen molar-refractivity contribution in [2.45, 2.75) is 93.4 Å². The van der Waals surface area contributed by atoms with Gasteiger partial charge in [0.15, 0.2) is 67.9 Å². The number of nitrogens with one attached hydrogen (secondary N) is 8. The molecule has 0 saturated carbocycles. The maximum Gasteiger partial charge on any atom is 0.226 e. The second-order valence-corrected chi connectivity index (χ2v) is 23.3. The fraction of sp³-hybridized carbons (Fsp3) is 0.333. The Morgan fingerprint density at radius 3 is 0.958 bits per heavy atom. The Hall–Kier alpha value is -10.4. The second-order valence-electron chi connectivity index (χ2n) is 22.9. The van der Waals surface area contributed by atoms with Gasteiger partial charge in [-0.2, -0.15) is 39.9 Å². The van der Waals surface area contributed by atoms with Gasteiger partial charge in [-0.05, 0) is 129 Å². The molecule has 0 radical (unpaired) electrons. The molecule has 498 valence electrons. The average Bonchev–Trinajstić information content (AvgIpc) is 1.71. The number of fused-ring (bicyclic) bond motifs is 4. The predicted octanol–water partition coefficient (Wildman–Crippen LogP) is 11.5. The number of nitrogens with zero attached hydrogens (tertiary/aromatic N) is 16. The lowest BCUT2D eigenvalue weighted by molar-refractivity contribution is 0.310. The lowest BCUT2D eigenvalue weighted by Crippen LogP contribution is -2.11. The number of halogens is 1. The van der Waals surface area contributed by atoms with E-state index < -0.39 is 0 Å². The normalized spacial score (nSPS) is 11.2. The molecule has 0 aliphatic rings. The van der Waals surface area contributed by atoms with Crippen LogP contribution in [0.15, 0.2) is 128 Å². The van der Waals surface area contributed by atoms with Crippen molar-refractivity contribution in [3.63, 3.8) is 0 Å². The fourth-order valence-electron chi connectivity index (χ4n) is 9.58. The first kappa shape index (κ1) is 69.0. The lowest BCUT2D eigenvalue weighted by Gasteiger charge is -2.12. The van der Waals surface area contributed by atoms with Gasteiger partial charge in [0, 0.05) is 67.4 Å². The number of para-hydroxylation sites is 2. The SMILES string of the molecule is CC(C)n1cnc2c(Nc3ccccc3)nc(NCCO)nc21.CC(C)n1cnc2c(Nc3ccccc3Cl)nc(NCCO)nc21.Cc1cccc(Nc2nc(NCCO)nc3c2ncn3C(C)C)c1.Cc1cccc(Nc2nc(NCCO)nc3c2ncn3C(C)C)c1. The third kappa shape index (κ3) is 17.9. The highest BCUT2D eigenvalue weighted by Gasteiger charge is 2.20. The average molecular weight is 1310 g/mol. The zero-order valence-corrected chi connectivity index (χ0v) is 55.7. The zero-order chi connectivity index (χ0) is 67.5. The summed E-state index contributed by atoms with van der Waals surface area (Å²) in [7, 11) is 0. The van der Waals surface area contributed by atoms with Crippen LogP contribution in [0.25, 0.3) is 44.7 Å². The minimum absolute atomic E-state index is 0.00187. The van der Waals surface area contributed by atoms with Crippen molar-refractivity contribution in [2.24, 2.45) is 0 Å². The summed E-state index contributed by atoms with van der Waals surface area (Å²) in [6, 6.07) is 34.3. The van der Waals surface area contributed by atoms with Crippen LogP contribution in [0.4, 0.5) is 69.8 Å². The Kier molecular flexibility index (Phi) is 23.9. The van der Waals surface area contributed by atoms with Crippen LogP contribution in [0.5, 0.6) is 0 Å². The molecule has 0 unspecified atom stereocenters. The smallest absolute Gasteiger partial charge is 0.226 e. The Balaban J connectivity index is 0.000000149. The number of aliphatic hydroxyl groups excluding tert-OH is 4. The van der Waals surface area contributed by atoms with E-state index in [1.54, 1.807) is 31.4 Å². The van der Waals surface area contributed by atoms with E-state index in [0.29, 0.717) is 83.8 Å². The van der Waals surface area contributed by atoms with Gasteiger partial charge in [-0.25, -0.2) is 19.9 Å². The van der Waals surface area contributed by atoms with Gasteiger partial charge in [0.05, 0.1) is 62.4 Å². The van der Waals surface area contributed by atoms with E-state index in [9.17, 15) is 0 Å². The van der Waals surface area contributed by atoms with Gasteiger partial charge < -0.3 is 81.2 Å². The van der Waals surface area contributed by atoms with E-state index in [2.05, 4.69) is 158 Å². The van der Waals surface area contributed by atoms with Gasteiger partial charge in [0.25, 0.3) is 0 Å². The zero-order valence-electron chi connectivity index (χ0n) is 54.9. The quantitative estimate of drug-likeness (QED) is 0.0267. The topological polar surface area (TPSA) is 352 Å². The van der Waals surface area contributed by atoms with Gasteiger partial charge in [-0.15, -0.1) is 0 Å². The molecule has 95 heavy (non-hydrogen) atoms. The molecule has 0 bridgehead atoms. The van der Waals surface area contributed by atoms with Crippen molar-refractivity contribution in [3.8, 4) is 0 Å². The van der Waals surface area contributed by atoms with Crippen molar-refractivity contribution in [2.75, 3.05) is 95.1 Å². The molecule has 0 saturated heterocycles. The van der Waals surface area contributed by atoms with Crippen molar-refractivity contribution in [1.82, 2.24) is 78.1 Å². The molecule has 12 aromatic rings. The Morgan fingerprint density at radius 1 is 0.358 bits per heavy atom.